The van der Waals surface area contributed by atoms with Gasteiger partial charge in [0.2, 0.25) is 5.91 Å². The van der Waals surface area contributed by atoms with Crippen LogP contribution in [-0.2, 0) is 14.8 Å². The fourth-order valence-corrected chi connectivity index (χ4v) is 3.90. The maximum Gasteiger partial charge on any atom is 0.262 e. The van der Waals surface area contributed by atoms with E-state index in [1.807, 2.05) is 13.2 Å². The van der Waals surface area contributed by atoms with Crippen molar-refractivity contribution >= 4 is 39.1 Å². The monoisotopic (exact) mass is 408 g/mol. The molecule has 0 spiro atoms. The molecule has 1 amide bonds. The quantitative estimate of drug-likeness (QED) is 0.640. The maximum atomic E-state index is 12.8. The van der Waals surface area contributed by atoms with Gasteiger partial charge in [-0.05, 0) is 43.5 Å². The number of hydrogen-bond donors (Lipinski definition) is 2. The minimum atomic E-state index is -3.85. The van der Waals surface area contributed by atoms with Gasteiger partial charge in [-0.1, -0.05) is 26.0 Å². The fourth-order valence-electron chi connectivity index (χ4n) is 2.27. The lowest BCUT2D eigenvalue weighted by molar-refractivity contribution is -0.118. The molecule has 27 heavy (non-hydrogen) atoms. The van der Waals surface area contributed by atoms with E-state index in [0.717, 1.165) is 4.90 Å². The van der Waals surface area contributed by atoms with Crippen LogP contribution in [-0.4, -0.2) is 27.2 Å². The first-order chi connectivity index (χ1) is 12.8. The van der Waals surface area contributed by atoms with Gasteiger partial charge in [-0.3, -0.25) is 9.52 Å². The van der Waals surface area contributed by atoms with Crippen LogP contribution < -0.4 is 14.8 Å². The molecule has 2 aromatic carbocycles. The van der Waals surface area contributed by atoms with E-state index in [1.54, 1.807) is 44.2 Å². The van der Waals surface area contributed by atoms with E-state index >= 15 is 0 Å². The number of sulfonamides is 1. The molecule has 2 rings (SSSR count). The molecule has 8 heteroatoms. The van der Waals surface area contributed by atoms with Crippen LogP contribution in [0.1, 0.15) is 20.8 Å². The highest BCUT2D eigenvalue weighted by Crippen LogP contribution is 2.31. The molecule has 0 aliphatic rings. The van der Waals surface area contributed by atoms with E-state index in [-0.39, 0.29) is 16.7 Å². The van der Waals surface area contributed by atoms with E-state index in [9.17, 15) is 13.2 Å². The molecule has 0 saturated carbocycles. The highest BCUT2D eigenvalue weighted by molar-refractivity contribution is 7.98. The second kappa shape index (κ2) is 9.14. The van der Waals surface area contributed by atoms with Gasteiger partial charge in [0, 0.05) is 10.8 Å². The van der Waals surface area contributed by atoms with Crippen LogP contribution in [0.2, 0.25) is 0 Å². The van der Waals surface area contributed by atoms with Crippen molar-refractivity contribution in [1.82, 2.24) is 0 Å². The number of carbonyl (C=O) groups is 1. The zero-order valence-corrected chi connectivity index (χ0v) is 17.4. The maximum absolute atomic E-state index is 12.8. The van der Waals surface area contributed by atoms with Crippen LogP contribution in [0.15, 0.2) is 52.3 Å². The number of thioether (sulfide) groups is 1. The van der Waals surface area contributed by atoms with Gasteiger partial charge < -0.3 is 10.1 Å². The SMILES string of the molecule is CCOc1ccccc1NS(=O)(=O)c1ccc(SC)c(NC(=O)C(C)C)c1. The Morgan fingerprint density at radius 2 is 1.85 bits per heavy atom. The van der Waals surface area contributed by atoms with Gasteiger partial charge in [0.15, 0.2) is 0 Å². The summed E-state index contributed by atoms with van der Waals surface area (Å²) in [5.74, 6) is 0.0725. The largest absolute Gasteiger partial charge is 0.492 e. The third kappa shape index (κ3) is 5.40. The van der Waals surface area contributed by atoms with Gasteiger partial charge in [-0.15, -0.1) is 11.8 Å². The lowest BCUT2D eigenvalue weighted by atomic mass is 10.2. The van der Waals surface area contributed by atoms with Crippen molar-refractivity contribution in [1.29, 1.82) is 0 Å². The number of anilines is 2. The molecule has 0 aliphatic carbocycles. The summed E-state index contributed by atoms with van der Waals surface area (Å²) in [6.07, 6.45) is 1.87. The summed E-state index contributed by atoms with van der Waals surface area (Å²) < 4.78 is 33.7. The summed E-state index contributed by atoms with van der Waals surface area (Å²) in [7, 11) is -3.85. The van der Waals surface area contributed by atoms with Gasteiger partial charge in [-0.25, -0.2) is 8.42 Å². The molecule has 146 valence electrons. The average molecular weight is 409 g/mol. The third-order valence-electron chi connectivity index (χ3n) is 3.69. The first-order valence-electron chi connectivity index (χ1n) is 8.52. The summed E-state index contributed by atoms with van der Waals surface area (Å²) in [4.78, 5) is 12.9. The number of rotatable bonds is 8. The van der Waals surface area contributed by atoms with Crippen molar-refractivity contribution in [2.45, 2.75) is 30.6 Å². The first-order valence-corrected chi connectivity index (χ1v) is 11.2. The summed E-state index contributed by atoms with van der Waals surface area (Å²) in [5, 5.41) is 2.79. The molecule has 0 unspecified atom stereocenters. The lowest BCUT2D eigenvalue weighted by Crippen LogP contribution is -2.19. The highest BCUT2D eigenvalue weighted by Gasteiger charge is 2.19. The Hall–Kier alpha value is -2.19. The second-order valence-electron chi connectivity index (χ2n) is 6.04. The van der Waals surface area contributed by atoms with Gasteiger partial charge in [0.1, 0.15) is 5.75 Å². The molecule has 0 heterocycles. The van der Waals surface area contributed by atoms with Crippen molar-refractivity contribution in [3.8, 4) is 5.75 Å². The summed E-state index contributed by atoms with van der Waals surface area (Å²) in [5.41, 5.74) is 0.836. The standard InChI is InChI=1S/C19H24N2O4S2/c1-5-25-17-9-7-6-8-15(17)21-27(23,24)14-10-11-18(26-4)16(12-14)20-19(22)13(2)3/h6-13,21H,5H2,1-4H3,(H,20,22). The minimum Gasteiger partial charge on any atom is -0.492 e. The predicted molar refractivity (Wildman–Crippen MR) is 110 cm³/mol. The molecule has 0 radical (unpaired) electrons. The first kappa shape index (κ1) is 21.1. The smallest absolute Gasteiger partial charge is 0.262 e. The number of ether oxygens (including phenoxy) is 1. The topological polar surface area (TPSA) is 84.5 Å². The fraction of sp³-hybridized carbons (Fsp3) is 0.316. The van der Waals surface area contributed by atoms with E-state index < -0.39 is 10.0 Å². The number of hydrogen-bond acceptors (Lipinski definition) is 5. The van der Waals surface area contributed by atoms with Crippen molar-refractivity contribution < 1.29 is 17.9 Å². The van der Waals surface area contributed by atoms with Crippen LogP contribution in [0, 0.1) is 5.92 Å². The Labute approximate surface area is 164 Å². The molecule has 2 aromatic rings. The van der Waals surface area contributed by atoms with Crippen LogP contribution in [0.5, 0.6) is 5.75 Å². The van der Waals surface area contributed by atoms with Crippen LogP contribution in [0.4, 0.5) is 11.4 Å². The van der Waals surface area contributed by atoms with E-state index in [0.29, 0.717) is 23.7 Å². The number of carbonyl (C=O) groups excluding carboxylic acids is 1. The Morgan fingerprint density at radius 3 is 2.48 bits per heavy atom. The summed E-state index contributed by atoms with van der Waals surface area (Å²) in [6, 6.07) is 11.5. The lowest BCUT2D eigenvalue weighted by Gasteiger charge is -2.15. The van der Waals surface area contributed by atoms with Crippen LogP contribution in [0.3, 0.4) is 0 Å². The number of nitrogens with one attached hydrogen (secondary N) is 2. The van der Waals surface area contributed by atoms with Gasteiger partial charge >= 0.3 is 0 Å². The van der Waals surface area contributed by atoms with E-state index in [2.05, 4.69) is 10.0 Å². The number of amides is 1. The molecule has 2 N–H and O–H groups in total. The normalized spacial score (nSPS) is 11.3. The summed E-state index contributed by atoms with van der Waals surface area (Å²) in [6.45, 7) is 5.81. The Bertz CT molecular complexity index is 912. The third-order valence-corrected chi connectivity index (χ3v) is 5.85. The van der Waals surface area contributed by atoms with E-state index in [1.165, 1.54) is 23.9 Å². The molecule has 0 atom stereocenters. The molecular weight excluding hydrogens is 384 g/mol. The molecule has 0 fully saturated rings. The Kier molecular flexibility index (Phi) is 7.15. The van der Waals surface area contributed by atoms with Gasteiger partial charge in [-0.2, -0.15) is 0 Å². The minimum absolute atomic E-state index is 0.0608. The number of benzene rings is 2. The molecule has 0 saturated heterocycles. The molecule has 0 aromatic heterocycles. The van der Waals surface area contributed by atoms with E-state index in [4.69, 9.17) is 4.74 Å². The number of para-hydroxylation sites is 2. The molecule has 0 aliphatic heterocycles. The van der Waals surface area contributed by atoms with Gasteiger partial charge in [0.25, 0.3) is 10.0 Å². The van der Waals surface area contributed by atoms with Crippen molar-refractivity contribution in [3.05, 3.63) is 42.5 Å². The Balaban J connectivity index is 2.37. The predicted octanol–water partition coefficient (Wildman–Crippen LogP) is 4.20. The van der Waals surface area contributed by atoms with Crippen molar-refractivity contribution in [2.24, 2.45) is 5.92 Å². The zero-order valence-electron chi connectivity index (χ0n) is 15.8. The van der Waals surface area contributed by atoms with Crippen LogP contribution in [0.25, 0.3) is 0 Å². The zero-order chi connectivity index (χ0) is 20.0. The molecule has 6 nitrogen and oxygen atoms in total. The van der Waals surface area contributed by atoms with Crippen LogP contribution >= 0.6 is 11.8 Å². The highest BCUT2D eigenvalue weighted by atomic mass is 32.2. The molecular formula is C19H24N2O4S2. The average Bonchev–Trinajstić information content (AvgIpc) is 2.63. The van der Waals surface area contributed by atoms with Crippen molar-refractivity contribution in [3.63, 3.8) is 0 Å². The Morgan fingerprint density at radius 1 is 1.15 bits per heavy atom. The summed E-state index contributed by atoms with van der Waals surface area (Å²) >= 11 is 1.43. The molecule has 0 bridgehead atoms. The van der Waals surface area contributed by atoms with Gasteiger partial charge in [0.05, 0.1) is 22.9 Å². The van der Waals surface area contributed by atoms with Crippen molar-refractivity contribution in [2.75, 3.05) is 22.9 Å². The second-order valence-corrected chi connectivity index (χ2v) is 8.57.